The molecule has 0 heterocycles. The van der Waals surface area contributed by atoms with Crippen LogP contribution >= 0.6 is 23.2 Å². The van der Waals surface area contributed by atoms with E-state index < -0.39 is 0 Å². The van der Waals surface area contributed by atoms with Crippen LogP contribution in [0.1, 0.15) is 18.9 Å². The molecule has 0 saturated heterocycles. The number of ether oxygens (including phenoxy) is 2. The largest absolute Gasteiger partial charge is 0.493 e. The van der Waals surface area contributed by atoms with Crippen LogP contribution in [0.15, 0.2) is 28.8 Å². The second-order valence-electron chi connectivity index (χ2n) is 4.01. The first kappa shape index (κ1) is 16.2. The molecular formula is C14H19Cl2NO2. The molecule has 5 heteroatoms. The first-order valence-corrected chi connectivity index (χ1v) is 6.97. The maximum atomic E-state index is 5.78. The lowest BCUT2D eigenvalue weighted by Gasteiger charge is -2.12. The molecule has 1 rings (SSSR count). The Morgan fingerprint density at radius 2 is 2.16 bits per heavy atom. The van der Waals surface area contributed by atoms with Crippen molar-refractivity contribution in [2.24, 2.45) is 0 Å². The first-order chi connectivity index (χ1) is 9.21. The summed E-state index contributed by atoms with van der Waals surface area (Å²) in [4.78, 5) is 0. The second kappa shape index (κ2) is 9.08. The zero-order valence-corrected chi connectivity index (χ0v) is 12.7. The van der Waals surface area contributed by atoms with Gasteiger partial charge in [0.15, 0.2) is 11.5 Å². The van der Waals surface area contributed by atoms with Crippen molar-refractivity contribution in [3.63, 3.8) is 0 Å². The van der Waals surface area contributed by atoms with Crippen molar-refractivity contribution in [2.75, 3.05) is 20.3 Å². The number of halogens is 2. The summed E-state index contributed by atoms with van der Waals surface area (Å²) < 4.78 is 10.8. The van der Waals surface area contributed by atoms with E-state index >= 15 is 0 Å². The number of nitrogens with one attached hydrogen (secondary N) is 1. The van der Waals surface area contributed by atoms with Crippen molar-refractivity contribution >= 4 is 23.2 Å². The third-order valence-electron chi connectivity index (χ3n) is 2.47. The minimum absolute atomic E-state index is 0.231. The fourth-order valence-electron chi connectivity index (χ4n) is 1.53. The summed E-state index contributed by atoms with van der Waals surface area (Å²) in [5, 5.41) is 3.78. The Balaban J connectivity index is 2.67. The Hall–Kier alpha value is -0.900. The van der Waals surface area contributed by atoms with E-state index in [1.165, 1.54) is 5.54 Å². The van der Waals surface area contributed by atoms with E-state index in [4.69, 9.17) is 32.7 Å². The van der Waals surface area contributed by atoms with Crippen LogP contribution in [-0.4, -0.2) is 20.3 Å². The summed E-state index contributed by atoms with van der Waals surface area (Å²) in [5.74, 6) is 1.34. The second-order valence-corrected chi connectivity index (χ2v) is 4.71. The number of methoxy groups -OCH3 is 1. The van der Waals surface area contributed by atoms with E-state index in [1.54, 1.807) is 7.11 Å². The maximum Gasteiger partial charge on any atom is 0.161 e. The molecule has 0 aliphatic rings. The number of rotatable bonds is 8. The number of hydrogen-bond acceptors (Lipinski definition) is 3. The average molecular weight is 304 g/mol. The zero-order chi connectivity index (χ0) is 14.1. The monoisotopic (exact) mass is 303 g/mol. The Morgan fingerprint density at radius 1 is 1.37 bits per heavy atom. The quantitative estimate of drug-likeness (QED) is 0.739. The van der Waals surface area contributed by atoms with Gasteiger partial charge in [0, 0.05) is 12.1 Å². The molecule has 3 nitrogen and oxygen atoms in total. The van der Waals surface area contributed by atoms with Crippen molar-refractivity contribution in [1.29, 1.82) is 0 Å². The highest BCUT2D eigenvalue weighted by molar-refractivity contribution is 6.36. The lowest BCUT2D eigenvalue weighted by Crippen LogP contribution is -2.13. The number of benzene rings is 1. The van der Waals surface area contributed by atoms with Gasteiger partial charge in [0.2, 0.25) is 0 Å². The summed E-state index contributed by atoms with van der Waals surface area (Å²) in [6, 6.07) is 5.83. The first-order valence-electron chi connectivity index (χ1n) is 6.16. The predicted octanol–water partition coefficient (Wildman–Crippen LogP) is 3.89. The lowest BCUT2D eigenvalue weighted by atomic mass is 10.2. The molecule has 0 spiro atoms. The van der Waals surface area contributed by atoms with Crippen molar-refractivity contribution in [3.05, 3.63) is 34.3 Å². The molecule has 0 unspecified atom stereocenters. The average Bonchev–Trinajstić information content (AvgIpc) is 2.45. The van der Waals surface area contributed by atoms with Gasteiger partial charge in [-0.15, -0.1) is 0 Å². The summed E-state index contributed by atoms with van der Waals surface area (Å²) in [6.45, 7) is 4.18. The van der Waals surface area contributed by atoms with Crippen LogP contribution < -0.4 is 14.8 Å². The molecule has 0 aliphatic heterocycles. The molecule has 0 amide bonds. The van der Waals surface area contributed by atoms with Gasteiger partial charge in [-0.05, 0) is 30.7 Å². The highest BCUT2D eigenvalue weighted by atomic mass is 35.5. The fraction of sp³-hybridized carbons (Fsp3) is 0.429. The van der Waals surface area contributed by atoms with Gasteiger partial charge in [-0.1, -0.05) is 36.2 Å². The highest BCUT2D eigenvalue weighted by Crippen LogP contribution is 2.28. The summed E-state index contributed by atoms with van der Waals surface area (Å²) >= 11 is 11.3. The Labute approximate surface area is 124 Å². The van der Waals surface area contributed by atoms with Crippen LogP contribution in [0.3, 0.4) is 0 Å². The summed E-state index contributed by atoms with van der Waals surface area (Å²) in [7, 11) is 1.62. The molecule has 106 valence electrons. The van der Waals surface area contributed by atoms with E-state index in [-0.39, 0.29) is 6.61 Å². The summed E-state index contributed by atoms with van der Waals surface area (Å²) in [5.41, 5.74) is 2.44. The number of hydrogen-bond donors (Lipinski definition) is 1. The van der Waals surface area contributed by atoms with Crippen LogP contribution in [0.4, 0.5) is 0 Å². The Kier molecular flexibility index (Phi) is 7.72. The summed E-state index contributed by atoms with van der Waals surface area (Å²) in [6.07, 6.45) is 1.11. The maximum absolute atomic E-state index is 5.78. The molecule has 1 aromatic carbocycles. The molecule has 0 fully saturated rings. The third-order valence-corrected chi connectivity index (χ3v) is 3.06. The molecule has 1 aromatic rings. The molecule has 0 atom stereocenters. The van der Waals surface area contributed by atoms with Gasteiger partial charge in [-0.3, -0.25) is 0 Å². The smallest absolute Gasteiger partial charge is 0.161 e. The normalized spacial score (nSPS) is 11.5. The molecule has 0 aliphatic carbocycles. The molecule has 0 aromatic heterocycles. The lowest BCUT2D eigenvalue weighted by molar-refractivity contribution is 0.323. The zero-order valence-electron chi connectivity index (χ0n) is 11.2. The van der Waals surface area contributed by atoms with Crippen LogP contribution in [0.25, 0.3) is 0 Å². The predicted molar refractivity (Wildman–Crippen MR) is 80.3 cm³/mol. The van der Waals surface area contributed by atoms with Crippen LogP contribution in [0.5, 0.6) is 11.5 Å². The van der Waals surface area contributed by atoms with E-state index in [0.717, 1.165) is 25.1 Å². The molecule has 0 radical (unpaired) electrons. The molecule has 0 bridgehead atoms. The molecular weight excluding hydrogens is 285 g/mol. The van der Waals surface area contributed by atoms with E-state index in [2.05, 4.69) is 12.2 Å². The topological polar surface area (TPSA) is 30.5 Å². The minimum atomic E-state index is 0.231. The fourth-order valence-corrected chi connectivity index (χ4v) is 1.65. The van der Waals surface area contributed by atoms with Gasteiger partial charge in [0.1, 0.15) is 6.61 Å². The Morgan fingerprint density at radius 3 is 2.79 bits per heavy atom. The van der Waals surface area contributed by atoms with Crippen molar-refractivity contribution < 1.29 is 9.47 Å². The Bertz CT molecular complexity index is 422. The molecule has 0 saturated carbocycles. The van der Waals surface area contributed by atoms with E-state index in [9.17, 15) is 0 Å². The highest BCUT2D eigenvalue weighted by Gasteiger charge is 2.06. The van der Waals surface area contributed by atoms with Gasteiger partial charge in [-0.2, -0.15) is 0 Å². The molecule has 1 N–H and O–H groups in total. The third kappa shape index (κ3) is 5.72. The van der Waals surface area contributed by atoms with E-state index in [0.29, 0.717) is 16.5 Å². The van der Waals surface area contributed by atoms with Crippen molar-refractivity contribution in [1.82, 2.24) is 5.32 Å². The van der Waals surface area contributed by atoms with Crippen molar-refractivity contribution in [3.8, 4) is 11.5 Å². The molecule has 19 heavy (non-hydrogen) atoms. The van der Waals surface area contributed by atoms with E-state index in [1.807, 2.05) is 18.2 Å². The van der Waals surface area contributed by atoms with Crippen molar-refractivity contribution in [2.45, 2.75) is 19.9 Å². The van der Waals surface area contributed by atoms with Gasteiger partial charge in [0.25, 0.3) is 0 Å². The van der Waals surface area contributed by atoms with Crippen LogP contribution in [-0.2, 0) is 6.54 Å². The van der Waals surface area contributed by atoms with Crippen LogP contribution in [0, 0.1) is 0 Å². The van der Waals surface area contributed by atoms with Gasteiger partial charge >= 0.3 is 0 Å². The standard InChI is InChI=1S/C14H19Cl2NO2/c1-3-6-17-9-11-4-5-13(14(7-11)18-2)19-10-12(16)8-15/h4-5,7-8,17H,3,6,9-10H2,1-2H3. The van der Waals surface area contributed by atoms with Gasteiger partial charge in [-0.25, -0.2) is 0 Å². The minimum Gasteiger partial charge on any atom is -0.493 e. The van der Waals surface area contributed by atoms with Gasteiger partial charge < -0.3 is 14.8 Å². The SMILES string of the molecule is CCCNCc1ccc(OCC(Cl)=CCl)c(OC)c1. The van der Waals surface area contributed by atoms with Gasteiger partial charge in [0.05, 0.1) is 12.1 Å². The van der Waals surface area contributed by atoms with Crippen LogP contribution in [0.2, 0.25) is 0 Å².